The molecule has 7 heteroatoms. The summed E-state index contributed by atoms with van der Waals surface area (Å²) in [5, 5.41) is 12.5. The third-order valence-corrected chi connectivity index (χ3v) is 4.61. The summed E-state index contributed by atoms with van der Waals surface area (Å²) in [5.74, 6) is 0.472. The molecule has 106 valence electrons. The Hall–Kier alpha value is -1.18. The van der Waals surface area contributed by atoms with Crippen LogP contribution in [0, 0.1) is 0 Å². The highest BCUT2D eigenvalue weighted by molar-refractivity contribution is 9.11. The van der Waals surface area contributed by atoms with Crippen molar-refractivity contribution in [3.8, 4) is 5.75 Å². The first kappa shape index (κ1) is 14.7. The molecular formula is C14H7Br3N2O2. The van der Waals surface area contributed by atoms with E-state index in [-0.39, 0.29) is 11.7 Å². The second-order valence-electron chi connectivity index (χ2n) is 4.39. The molecule has 3 rings (SSSR count). The van der Waals surface area contributed by atoms with Crippen molar-refractivity contribution in [3.63, 3.8) is 0 Å². The third kappa shape index (κ3) is 2.77. The van der Waals surface area contributed by atoms with Crippen LogP contribution in [0.5, 0.6) is 5.75 Å². The highest BCUT2D eigenvalue weighted by Crippen LogP contribution is 2.37. The van der Waals surface area contributed by atoms with Crippen molar-refractivity contribution in [2.24, 2.45) is 0 Å². The van der Waals surface area contributed by atoms with Crippen LogP contribution < -0.4 is 5.32 Å². The van der Waals surface area contributed by atoms with E-state index in [9.17, 15) is 9.90 Å². The quantitative estimate of drug-likeness (QED) is 0.595. The number of halogens is 3. The van der Waals surface area contributed by atoms with Gasteiger partial charge in [-0.2, -0.15) is 0 Å². The molecule has 0 aliphatic carbocycles. The number of phenols is 1. The number of carbonyl (C=O) groups excluding carboxylic acids is 1. The SMILES string of the molecule is O=C1Nc2ncc(Br)cc2C1=Cc1cc(Br)c(O)c(Br)c1. The lowest BCUT2D eigenvalue weighted by Crippen LogP contribution is -2.04. The number of benzene rings is 1. The van der Waals surface area contributed by atoms with Crippen LogP contribution in [0.4, 0.5) is 5.82 Å². The number of amides is 1. The summed E-state index contributed by atoms with van der Waals surface area (Å²) < 4.78 is 1.90. The first-order valence-corrected chi connectivity index (χ1v) is 8.20. The predicted octanol–water partition coefficient (Wildman–Crippen LogP) is 4.57. The topological polar surface area (TPSA) is 62.2 Å². The molecular weight excluding hydrogens is 468 g/mol. The van der Waals surface area contributed by atoms with Crippen LogP contribution in [0.25, 0.3) is 11.6 Å². The summed E-state index contributed by atoms with van der Waals surface area (Å²) in [6.45, 7) is 0. The van der Waals surface area contributed by atoms with E-state index < -0.39 is 0 Å². The number of aromatic nitrogens is 1. The van der Waals surface area contributed by atoms with Gasteiger partial charge in [0.2, 0.25) is 0 Å². The normalized spacial score (nSPS) is 15.2. The number of pyridine rings is 1. The maximum Gasteiger partial charge on any atom is 0.257 e. The molecule has 21 heavy (non-hydrogen) atoms. The summed E-state index contributed by atoms with van der Waals surface area (Å²) in [7, 11) is 0. The molecule has 2 aromatic rings. The fourth-order valence-corrected chi connectivity index (χ4v) is 3.57. The van der Waals surface area contributed by atoms with Gasteiger partial charge in [-0.3, -0.25) is 4.79 Å². The minimum atomic E-state index is -0.198. The van der Waals surface area contributed by atoms with Gasteiger partial charge in [0.25, 0.3) is 5.91 Å². The molecule has 1 aromatic heterocycles. The number of hydrogen-bond donors (Lipinski definition) is 2. The lowest BCUT2D eigenvalue weighted by Gasteiger charge is -2.04. The van der Waals surface area contributed by atoms with Crippen molar-refractivity contribution in [2.75, 3.05) is 5.32 Å². The largest absolute Gasteiger partial charge is 0.506 e. The van der Waals surface area contributed by atoms with Gasteiger partial charge < -0.3 is 10.4 Å². The number of hydrogen-bond acceptors (Lipinski definition) is 3. The Labute approximate surface area is 145 Å². The fraction of sp³-hybridized carbons (Fsp3) is 0. The van der Waals surface area contributed by atoms with E-state index in [1.807, 2.05) is 6.07 Å². The number of phenolic OH excluding ortho intramolecular Hbond substituents is 1. The minimum Gasteiger partial charge on any atom is -0.506 e. The van der Waals surface area contributed by atoms with Crippen molar-refractivity contribution in [2.45, 2.75) is 0 Å². The first-order valence-electron chi connectivity index (χ1n) is 5.82. The number of aromatic hydroxyl groups is 1. The van der Waals surface area contributed by atoms with Gasteiger partial charge in [0.15, 0.2) is 0 Å². The molecule has 4 nitrogen and oxygen atoms in total. The zero-order valence-electron chi connectivity index (χ0n) is 10.3. The Morgan fingerprint density at radius 3 is 2.48 bits per heavy atom. The molecule has 0 saturated heterocycles. The number of nitrogens with zero attached hydrogens (tertiary/aromatic N) is 1. The summed E-state index contributed by atoms with van der Waals surface area (Å²) in [6, 6.07) is 5.32. The Balaban J connectivity index is 2.13. The second kappa shape index (κ2) is 5.55. The average molecular weight is 475 g/mol. The maximum atomic E-state index is 12.1. The molecule has 0 spiro atoms. The molecule has 1 aliphatic rings. The second-order valence-corrected chi connectivity index (χ2v) is 7.02. The van der Waals surface area contributed by atoms with Gasteiger partial charge in [-0.05, 0) is 77.6 Å². The zero-order chi connectivity index (χ0) is 15.1. The van der Waals surface area contributed by atoms with Gasteiger partial charge in [-0.25, -0.2) is 4.98 Å². The smallest absolute Gasteiger partial charge is 0.257 e. The molecule has 0 radical (unpaired) electrons. The van der Waals surface area contributed by atoms with E-state index in [1.54, 1.807) is 24.4 Å². The molecule has 1 aromatic carbocycles. The number of nitrogens with one attached hydrogen (secondary N) is 1. The summed E-state index contributed by atoms with van der Waals surface area (Å²) in [6.07, 6.45) is 3.39. The molecule has 2 heterocycles. The highest BCUT2D eigenvalue weighted by Gasteiger charge is 2.25. The summed E-state index contributed by atoms with van der Waals surface area (Å²) >= 11 is 9.90. The highest BCUT2D eigenvalue weighted by atomic mass is 79.9. The van der Waals surface area contributed by atoms with E-state index in [2.05, 4.69) is 58.1 Å². The van der Waals surface area contributed by atoms with Gasteiger partial charge >= 0.3 is 0 Å². The molecule has 1 aliphatic heterocycles. The van der Waals surface area contributed by atoms with E-state index in [1.165, 1.54) is 0 Å². The molecule has 0 atom stereocenters. The van der Waals surface area contributed by atoms with Gasteiger partial charge in [0.1, 0.15) is 11.6 Å². The molecule has 0 bridgehead atoms. The predicted molar refractivity (Wildman–Crippen MR) is 91.9 cm³/mol. The van der Waals surface area contributed by atoms with Crippen LogP contribution >= 0.6 is 47.8 Å². The molecule has 0 fully saturated rings. The minimum absolute atomic E-state index is 0.123. The van der Waals surface area contributed by atoms with Crippen LogP contribution in [0.1, 0.15) is 11.1 Å². The number of fused-ring (bicyclic) bond motifs is 1. The first-order chi connectivity index (χ1) is 9.95. The van der Waals surface area contributed by atoms with Crippen LogP contribution in [-0.4, -0.2) is 16.0 Å². The Bertz CT molecular complexity index is 780. The van der Waals surface area contributed by atoms with Gasteiger partial charge in [-0.15, -0.1) is 0 Å². The van der Waals surface area contributed by atoms with Crippen molar-refractivity contribution < 1.29 is 9.90 Å². The Kier molecular flexibility index (Phi) is 3.90. The molecule has 1 amide bonds. The molecule has 2 N–H and O–H groups in total. The standard InChI is InChI=1S/C14H7Br3N2O2/c15-7-4-8-9(14(21)19-13(8)18-5-7)1-6-2-10(16)12(20)11(17)3-6/h1-5,20H,(H,18,19,21). The maximum absolute atomic E-state index is 12.1. The number of rotatable bonds is 1. The van der Waals surface area contributed by atoms with E-state index in [0.29, 0.717) is 20.3 Å². The molecule has 0 saturated carbocycles. The number of anilines is 1. The molecule has 0 unspecified atom stereocenters. The van der Waals surface area contributed by atoms with Gasteiger partial charge in [-0.1, -0.05) is 0 Å². The fourth-order valence-electron chi connectivity index (χ4n) is 2.02. The van der Waals surface area contributed by atoms with Gasteiger partial charge in [0.05, 0.1) is 14.5 Å². The van der Waals surface area contributed by atoms with E-state index in [0.717, 1.165) is 15.6 Å². The summed E-state index contributed by atoms with van der Waals surface area (Å²) in [4.78, 5) is 16.2. The van der Waals surface area contributed by atoms with Crippen molar-refractivity contribution in [3.05, 3.63) is 48.9 Å². The average Bonchev–Trinajstić information content (AvgIpc) is 2.72. The monoisotopic (exact) mass is 472 g/mol. The van der Waals surface area contributed by atoms with E-state index in [4.69, 9.17) is 0 Å². The van der Waals surface area contributed by atoms with Crippen LogP contribution in [0.3, 0.4) is 0 Å². The lowest BCUT2D eigenvalue weighted by molar-refractivity contribution is -0.110. The van der Waals surface area contributed by atoms with Crippen LogP contribution in [0.15, 0.2) is 37.8 Å². The number of carbonyl (C=O) groups is 1. The Morgan fingerprint density at radius 1 is 1.14 bits per heavy atom. The van der Waals surface area contributed by atoms with Crippen molar-refractivity contribution in [1.29, 1.82) is 0 Å². The van der Waals surface area contributed by atoms with Crippen LogP contribution in [-0.2, 0) is 4.79 Å². The Morgan fingerprint density at radius 2 is 1.81 bits per heavy atom. The summed E-state index contributed by atoms with van der Waals surface area (Å²) in [5.41, 5.74) is 2.06. The van der Waals surface area contributed by atoms with Crippen LogP contribution in [0.2, 0.25) is 0 Å². The van der Waals surface area contributed by atoms with Crippen molar-refractivity contribution >= 4 is 71.2 Å². The zero-order valence-corrected chi connectivity index (χ0v) is 15.1. The van der Waals surface area contributed by atoms with Gasteiger partial charge in [0, 0.05) is 16.2 Å². The lowest BCUT2D eigenvalue weighted by atomic mass is 10.1. The van der Waals surface area contributed by atoms with E-state index >= 15 is 0 Å². The third-order valence-electron chi connectivity index (χ3n) is 2.97. The van der Waals surface area contributed by atoms with Crippen molar-refractivity contribution in [1.82, 2.24) is 4.98 Å².